The largest absolute Gasteiger partial charge is 0.316 e. The van der Waals surface area contributed by atoms with Crippen LogP contribution in [0.3, 0.4) is 0 Å². The molecule has 0 amide bonds. The Morgan fingerprint density at radius 2 is 2.13 bits per heavy atom. The second kappa shape index (κ2) is 5.13. The molecule has 0 aromatic heterocycles. The van der Waals surface area contributed by atoms with Crippen LogP contribution in [0.15, 0.2) is 28.7 Å². The minimum atomic E-state index is 0.695. The van der Waals surface area contributed by atoms with Crippen LogP contribution in [0.5, 0.6) is 0 Å². The molecule has 1 aromatic rings. The van der Waals surface area contributed by atoms with Crippen molar-refractivity contribution in [3.8, 4) is 0 Å². The van der Waals surface area contributed by atoms with Crippen molar-refractivity contribution >= 4 is 15.9 Å². The number of halogens is 1. The summed E-state index contributed by atoms with van der Waals surface area (Å²) in [7, 11) is 0. The lowest BCUT2D eigenvalue weighted by Crippen LogP contribution is -2.10. The minimum absolute atomic E-state index is 0.695. The Labute approximate surface area is 100 Å². The highest BCUT2D eigenvalue weighted by atomic mass is 79.9. The topological polar surface area (TPSA) is 12.0 Å². The van der Waals surface area contributed by atoms with E-state index in [1.54, 1.807) is 0 Å². The molecular formula is C13H18BrN. The summed E-state index contributed by atoms with van der Waals surface area (Å²) in [5.41, 5.74) is 1.47. The van der Waals surface area contributed by atoms with E-state index in [-0.39, 0.29) is 0 Å². The van der Waals surface area contributed by atoms with Gasteiger partial charge in [0.1, 0.15) is 0 Å². The molecule has 2 unspecified atom stereocenters. The Morgan fingerprint density at radius 1 is 1.33 bits per heavy atom. The van der Waals surface area contributed by atoms with E-state index >= 15 is 0 Å². The van der Waals surface area contributed by atoms with Crippen molar-refractivity contribution < 1.29 is 0 Å². The summed E-state index contributed by atoms with van der Waals surface area (Å²) in [5, 5.41) is 3.51. The first kappa shape index (κ1) is 11.2. The van der Waals surface area contributed by atoms with Crippen molar-refractivity contribution in [3.05, 3.63) is 34.3 Å². The number of hydrogen-bond acceptors (Lipinski definition) is 1. The quantitative estimate of drug-likeness (QED) is 0.884. The molecule has 0 saturated carbocycles. The standard InChI is InChI=1S/C13H18BrN/c1-2-5-10-8-15-9-12(10)11-6-3-4-7-13(11)14/h3-4,6-7,10,12,15H,2,5,8-9H2,1H3. The zero-order valence-corrected chi connectivity index (χ0v) is 10.8. The fraction of sp³-hybridized carbons (Fsp3) is 0.538. The highest BCUT2D eigenvalue weighted by molar-refractivity contribution is 9.10. The average molecular weight is 268 g/mol. The molecule has 1 N–H and O–H groups in total. The molecule has 2 rings (SSSR count). The summed E-state index contributed by atoms with van der Waals surface area (Å²) in [6, 6.07) is 8.63. The Hall–Kier alpha value is -0.340. The molecule has 1 aliphatic rings. The lowest BCUT2D eigenvalue weighted by Gasteiger charge is -2.19. The van der Waals surface area contributed by atoms with E-state index in [0.29, 0.717) is 5.92 Å². The summed E-state index contributed by atoms with van der Waals surface area (Å²) in [5.74, 6) is 1.51. The fourth-order valence-corrected chi connectivity index (χ4v) is 3.13. The van der Waals surface area contributed by atoms with Crippen LogP contribution in [0.1, 0.15) is 31.2 Å². The zero-order valence-electron chi connectivity index (χ0n) is 9.17. The van der Waals surface area contributed by atoms with Gasteiger partial charge in [-0.25, -0.2) is 0 Å². The molecule has 0 spiro atoms. The number of hydrogen-bond donors (Lipinski definition) is 1. The second-order valence-corrected chi connectivity index (χ2v) is 5.19. The van der Waals surface area contributed by atoms with Gasteiger partial charge in [-0.3, -0.25) is 0 Å². The fourth-order valence-electron chi connectivity index (χ4n) is 2.55. The van der Waals surface area contributed by atoms with E-state index in [0.717, 1.165) is 12.5 Å². The van der Waals surface area contributed by atoms with Crippen molar-refractivity contribution in [3.63, 3.8) is 0 Å². The van der Waals surface area contributed by atoms with Gasteiger partial charge in [0.15, 0.2) is 0 Å². The van der Waals surface area contributed by atoms with Crippen LogP contribution in [-0.2, 0) is 0 Å². The molecule has 1 nitrogen and oxygen atoms in total. The average Bonchev–Trinajstić information content (AvgIpc) is 2.67. The summed E-state index contributed by atoms with van der Waals surface area (Å²) >= 11 is 3.66. The van der Waals surface area contributed by atoms with Crippen molar-refractivity contribution in [1.82, 2.24) is 5.32 Å². The van der Waals surface area contributed by atoms with Gasteiger partial charge in [-0.2, -0.15) is 0 Å². The van der Waals surface area contributed by atoms with Crippen LogP contribution >= 0.6 is 15.9 Å². The number of rotatable bonds is 3. The Balaban J connectivity index is 2.19. The first-order valence-corrected chi connectivity index (χ1v) is 6.57. The van der Waals surface area contributed by atoms with Crippen LogP contribution in [0, 0.1) is 5.92 Å². The van der Waals surface area contributed by atoms with Crippen LogP contribution in [0.4, 0.5) is 0 Å². The first-order chi connectivity index (χ1) is 7.33. The summed E-state index contributed by atoms with van der Waals surface area (Å²) in [6.07, 6.45) is 2.62. The molecule has 1 aromatic carbocycles. The van der Waals surface area contributed by atoms with Crippen molar-refractivity contribution in [2.75, 3.05) is 13.1 Å². The molecule has 1 fully saturated rings. The molecule has 1 saturated heterocycles. The third-order valence-corrected chi connectivity index (χ3v) is 4.03. The van der Waals surface area contributed by atoms with E-state index in [1.165, 1.54) is 29.4 Å². The van der Waals surface area contributed by atoms with Crippen LogP contribution in [0.25, 0.3) is 0 Å². The van der Waals surface area contributed by atoms with Gasteiger partial charge >= 0.3 is 0 Å². The maximum atomic E-state index is 3.66. The molecule has 15 heavy (non-hydrogen) atoms. The van der Waals surface area contributed by atoms with Gasteiger partial charge in [0.05, 0.1) is 0 Å². The van der Waals surface area contributed by atoms with Gasteiger partial charge in [-0.05, 0) is 30.5 Å². The zero-order chi connectivity index (χ0) is 10.7. The van der Waals surface area contributed by atoms with Crippen molar-refractivity contribution in [2.24, 2.45) is 5.92 Å². The monoisotopic (exact) mass is 267 g/mol. The van der Waals surface area contributed by atoms with Gasteiger partial charge in [-0.1, -0.05) is 47.5 Å². The third-order valence-electron chi connectivity index (χ3n) is 3.30. The molecule has 1 heterocycles. The van der Waals surface area contributed by atoms with Crippen LogP contribution in [0.2, 0.25) is 0 Å². The van der Waals surface area contributed by atoms with Gasteiger partial charge in [0.25, 0.3) is 0 Å². The molecule has 0 aliphatic carbocycles. The molecule has 2 heteroatoms. The lowest BCUT2D eigenvalue weighted by molar-refractivity contribution is 0.473. The number of nitrogens with one attached hydrogen (secondary N) is 1. The predicted octanol–water partition coefficient (Wildman–Crippen LogP) is 3.55. The third kappa shape index (κ3) is 2.43. The van der Waals surface area contributed by atoms with Gasteiger partial charge in [0.2, 0.25) is 0 Å². The molecular weight excluding hydrogens is 250 g/mol. The Bertz CT molecular complexity index is 324. The maximum absolute atomic E-state index is 3.66. The normalized spacial score (nSPS) is 25.7. The lowest BCUT2D eigenvalue weighted by atomic mass is 9.86. The molecule has 2 atom stereocenters. The van der Waals surface area contributed by atoms with E-state index < -0.39 is 0 Å². The molecule has 1 aliphatic heterocycles. The smallest absolute Gasteiger partial charge is 0.0210 e. The number of benzene rings is 1. The SMILES string of the molecule is CCCC1CNCC1c1ccccc1Br. The molecule has 82 valence electrons. The van der Waals surface area contributed by atoms with E-state index in [9.17, 15) is 0 Å². The first-order valence-electron chi connectivity index (χ1n) is 5.78. The minimum Gasteiger partial charge on any atom is -0.316 e. The van der Waals surface area contributed by atoms with Crippen molar-refractivity contribution in [1.29, 1.82) is 0 Å². The molecule has 0 bridgehead atoms. The Kier molecular flexibility index (Phi) is 3.81. The van der Waals surface area contributed by atoms with Crippen molar-refractivity contribution in [2.45, 2.75) is 25.7 Å². The van der Waals surface area contributed by atoms with Gasteiger partial charge in [-0.15, -0.1) is 0 Å². The van der Waals surface area contributed by atoms with E-state index in [2.05, 4.69) is 52.4 Å². The van der Waals surface area contributed by atoms with Gasteiger partial charge < -0.3 is 5.32 Å². The second-order valence-electron chi connectivity index (χ2n) is 4.34. The summed E-state index contributed by atoms with van der Waals surface area (Å²) < 4.78 is 1.26. The predicted molar refractivity (Wildman–Crippen MR) is 68.2 cm³/mol. The highest BCUT2D eigenvalue weighted by Crippen LogP contribution is 2.34. The molecule has 0 radical (unpaired) electrons. The summed E-state index contributed by atoms with van der Waals surface area (Å²) in [6.45, 7) is 4.59. The van der Waals surface area contributed by atoms with Gasteiger partial charge in [0, 0.05) is 16.9 Å². The van der Waals surface area contributed by atoms with E-state index in [4.69, 9.17) is 0 Å². The van der Waals surface area contributed by atoms with E-state index in [1.807, 2.05) is 0 Å². The maximum Gasteiger partial charge on any atom is 0.0210 e. The Morgan fingerprint density at radius 3 is 2.87 bits per heavy atom. The highest BCUT2D eigenvalue weighted by Gasteiger charge is 2.28. The summed E-state index contributed by atoms with van der Waals surface area (Å²) in [4.78, 5) is 0. The van der Waals surface area contributed by atoms with Crippen LogP contribution in [-0.4, -0.2) is 13.1 Å². The van der Waals surface area contributed by atoms with Crippen LogP contribution < -0.4 is 5.32 Å².